The number of carbonyl (C=O) groups is 2. The number of ether oxygens (including phenoxy) is 2. The zero-order valence-corrected chi connectivity index (χ0v) is 14.5. The van der Waals surface area contributed by atoms with Crippen LogP contribution in [-0.4, -0.2) is 42.7 Å². The van der Waals surface area contributed by atoms with Crippen LogP contribution in [0.4, 0.5) is 30.7 Å². The Bertz CT molecular complexity index is 475. The van der Waals surface area contributed by atoms with E-state index in [1.165, 1.54) is 0 Å². The van der Waals surface area contributed by atoms with Crippen LogP contribution in [0, 0.1) is 5.92 Å². The van der Waals surface area contributed by atoms with Crippen molar-refractivity contribution in [3.05, 3.63) is 0 Å². The van der Waals surface area contributed by atoms with Gasteiger partial charge >= 0.3 is 30.0 Å². The van der Waals surface area contributed by atoms with E-state index in [1.54, 1.807) is 13.8 Å². The van der Waals surface area contributed by atoms with Gasteiger partial charge in [-0.15, -0.1) is 0 Å². The Morgan fingerprint density at radius 3 is 1.85 bits per heavy atom. The highest BCUT2D eigenvalue weighted by Gasteiger charge is 2.73. The van der Waals surface area contributed by atoms with Crippen molar-refractivity contribution >= 4 is 11.9 Å². The number of hydrogen-bond donors (Lipinski definition) is 0. The second kappa shape index (κ2) is 9.40. The van der Waals surface area contributed by atoms with E-state index in [0.29, 0.717) is 6.42 Å². The molecular weight excluding hydrogens is 377 g/mol. The van der Waals surface area contributed by atoms with Gasteiger partial charge in [0.15, 0.2) is 6.61 Å². The molecule has 1 atom stereocenters. The second-order valence-electron chi connectivity index (χ2n) is 6.00. The third-order valence-corrected chi connectivity index (χ3v) is 3.36. The Morgan fingerprint density at radius 1 is 0.923 bits per heavy atom. The van der Waals surface area contributed by atoms with Gasteiger partial charge in [-0.1, -0.05) is 27.2 Å². The lowest BCUT2D eigenvalue weighted by molar-refractivity contribution is -0.359. The summed E-state index contributed by atoms with van der Waals surface area (Å²) in [7, 11) is 0. The lowest BCUT2D eigenvalue weighted by Crippen LogP contribution is -2.54. The molecule has 0 bridgehead atoms. The molecule has 0 fully saturated rings. The van der Waals surface area contributed by atoms with Crippen LogP contribution >= 0.6 is 0 Å². The predicted octanol–water partition coefficient (Wildman–Crippen LogP) is 4.51. The van der Waals surface area contributed by atoms with Crippen LogP contribution in [0.2, 0.25) is 0 Å². The fraction of sp³-hybridized carbons (Fsp3) is 0.867. The van der Waals surface area contributed by atoms with Gasteiger partial charge in [0, 0.05) is 0 Å². The molecule has 11 heteroatoms. The van der Waals surface area contributed by atoms with Crippen molar-refractivity contribution in [1.82, 2.24) is 0 Å². The summed E-state index contributed by atoms with van der Waals surface area (Å²) in [5.41, 5.74) is 0. The molecule has 154 valence electrons. The molecule has 0 aromatic rings. The molecule has 0 heterocycles. The largest absolute Gasteiger partial charge is 0.462 e. The zero-order valence-electron chi connectivity index (χ0n) is 14.5. The highest BCUT2D eigenvalue weighted by atomic mass is 19.4. The minimum atomic E-state index is -6.50. The van der Waals surface area contributed by atoms with Gasteiger partial charge in [-0.2, -0.15) is 30.7 Å². The van der Waals surface area contributed by atoms with E-state index in [0.717, 1.165) is 6.42 Å². The van der Waals surface area contributed by atoms with Gasteiger partial charge < -0.3 is 9.47 Å². The quantitative estimate of drug-likeness (QED) is 0.401. The number of carbonyl (C=O) groups excluding carboxylic acids is 2. The molecule has 0 spiro atoms. The molecule has 0 saturated carbocycles. The van der Waals surface area contributed by atoms with E-state index in [9.17, 15) is 40.3 Å². The minimum absolute atomic E-state index is 0.00542. The highest BCUT2D eigenvalue weighted by Crippen LogP contribution is 2.46. The maximum Gasteiger partial charge on any atom is 0.460 e. The first kappa shape index (κ1) is 24.5. The van der Waals surface area contributed by atoms with E-state index >= 15 is 0 Å². The van der Waals surface area contributed by atoms with Gasteiger partial charge in [-0.05, 0) is 12.3 Å². The molecule has 0 aliphatic rings. The molecule has 4 nitrogen and oxygen atoms in total. The molecule has 0 N–H and O–H groups in total. The second-order valence-corrected chi connectivity index (χ2v) is 6.00. The Hall–Kier alpha value is -1.55. The van der Waals surface area contributed by atoms with E-state index in [2.05, 4.69) is 4.74 Å². The number of rotatable bonds is 10. The lowest BCUT2D eigenvalue weighted by atomic mass is 10.0. The molecule has 0 aromatic heterocycles. The van der Waals surface area contributed by atoms with Crippen LogP contribution in [-0.2, 0) is 19.1 Å². The van der Waals surface area contributed by atoms with Gasteiger partial charge in [0.05, 0.1) is 12.8 Å². The smallest absolute Gasteiger partial charge is 0.460 e. The van der Waals surface area contributed by atoms with Gasteiger partial charge in [-0.3, -0.25) is 9.59 Å². The van der Waals surface area contributed by atoms with E-state index in [1.807, 2.05) is 6.92 Å². The maximum atomic E-state index is 13.0. The van der Waals surface area contributed by atoms with E-state index in [4.69, 9.17) is 4.74 Å². The van der Waals surface area contributed by atoms with Crippen molar-refractivity contribution in [3.8, 4) is 0 Å². The number of alkyl halides is 7. The molecule has 0 rings (SSSR count). The maximum absolute atomic E-state index is 13.0. The fourth-order valence-electron chi connectivity index (χ4n) is 1.79. The monoisotopic (exact) mass is 398 g/mol. The standard InChI is InChI=1S/C15H21F7O4/c1-4-5-10(9(2)3)26-12(24)7-6-11(23)25-8-13(16,17)14(18,19)15(20,21)22/h9-10H,4-8H2,1-3H3. The summed E-state index contributed by atoms with van der Waals surface area (Å²) < 4.78 is 95.8. The van der Waals surface area contributed by atoms with Crippen molar-refractivity contribution in [3.63, 3.8) is 0 Å². The third kappa shape index (κ3) is 6.99. The molecule has 0 saturated heterocycles. The van der Waals surface area contributed by atoms with Gasteiger partial charge in [0.1, 0.15) is 6.10 Å². The van der Waals surface area contributed by atoms with Crippen molar-refractivity contribution in [2.24, 2.45) is 5.92 Å². The molecular formula is C15H21F7O4. The van der Waals surface area contributed by atoms with E-state index in [-0.39, 0.29) is 5.92 Å². The molecule has 0 amide bonds. The predicted molar refractivity (Wildman–Crippen MR) is 75.8 cm³/mol. The molecule has 0 radical (unpaired) electrons. The van der Waals surface area contributed by atoms with Crippen molar-refractivity contribution in [1.29, 1.82) is 0 Å². The van der Waals surface area contributed by atoms with Gasteiger partial charge in [0.25, 0.3) is 0 Å². The molecule has 26 heavy (non-hydrogen) atoms. The Balaban J connectivity index is 4.49. The topological polar surface area (TPSA) is 52.6 Å². The summed E-state index contributed by atoms with van der Waals surface area (Å²) in [5, 5.41) is 0. The summed E-state index contributed by atoms with van der Waals surface area (Å²) in [5.74, 6) is -14.3. The molecule has 0 aliphatic carbocycles. The highest BCUT2D eigenvalue weighted by molar-refractivity contribution is 5.77. The number of hydrogen-bond acceptors (Lipinski definition) is 4. The first-order valence-corrected chi connectivity index (χ1v) is 7.83. The summed E-state index contributed by atoms with van der Waals surface area (Å²) >= 11 is 0. The van der Waals surface area contributed by atoms with Gasteiger partial charge in [-0.25, -0.2) is 0 Å². The lowest BCUT2D eigenvalue weighted by Gasteiger charge is -2.27. The van der Waals surface area contributed by atoms with Crippen LogP contribution in [0.5, 0.6) is 0 Å². The van der Waals surface area contributed by atoms with Crippen LogP contribution in [0.15, 0.2) is 0 Å². The normalized spacial score (nSPS) is 14.3. The Morgan fingerprint density at radius 2 is 1.42 bits per heavy atom. The minimum Gasteiger partial charge on any atom is -0.462 e. The summed E-state index contributed by atoms with van der Waals surface area (Å²) in [6.07, 6.45) is -7.00. The summed E-state index contributed by atoms with van der Waals surface area (Å²) in [6, 6.07) is 0. The Kier molecular flexibility index (Phi) is 8.84. The van der Waals surface area contributed by atoms with Crippen LogP contribution in [0.25, 0.3) is 0 Å². The first-order valence-electron chi connectivity index (χ1n) is 7.83. The molecule has 0 aliphatic heterocycles. The Labute approximate surface area is 146 Å². The van der Waals surface area contributed by atoms with E-state index < -0.39 is 55.5 Å². The van der Waals surface area contributed by atoms with Crippen LogP contribution in [0.3, 0.4) is 0 Å². The average molecular weight is 398 g/mol. The SMILES string of the molecule is CCCC(OC(=O)CCC(=O)OCC(F)(F)C(F)(F)C(F)(F)F)C(C)C. The fourth-order valence-corrected chi connectivity index (χ4v) is 1.79. The van der Waals surface area contributed by atoms with Crippen molar-refractivity contribution in [2.75, 3.05) is 6.61 Å². The third-order valence-electron chi connectivity index (χ3n) is 3.36. The molecule has 1 unspecified atom stereocenters. The molecule has 0 aromatic carbocycles. The first-order chi connectivity index (χ1) is 11.7. The van der Waals surface area contributed by atoms with Gasteiger partial charge in [0.2, 0.25) is 0 Å². The summed E-state index contributed by atoms with van der Waals surface area (Å²) in [6.45, 7) is 2.99. The average Bonchev–Trinajstić information content (AvgIpc) is 2.49. The van der Waals surface area contributed by atoms with Crippen LogP contribution < -0.4 is 0 Å². The summed E-state index contributed by atoms with van der Waals surface area (Å²) in [4.78, 5) is 22.8. The number of halogens is 7. The number of esters is 2. The van der Waals surface area contributed by atoms with Crippen molar-refractivity contribution < 1.29 is 49.8 Å². The van der Waals surface area contributed by atoms with Crippen molar-refractivity contribution in [2.45, 2.75) is 70.6 Å². The van der Waals surface area contributed by atoms with Crippen LogP contribution in [0.1, 0.15) is 46.5 Å². The zero-order chi connectivity index (χ0) is 20.8.